The van der Waals surface area contributed by atoms with E-state index in [9.17, 15) is 13.2 Å². The molecule has 0 aromatic heterocycles. The lowest BCUT2D eigenvalue weighted by molar-refractivity contribution is 0.0938. The summed E-state index contributed by atoms with van der Waals surface area (Å²) in [6.07, 6.45) is 1.90. The molecule has 0 spiro atoms. The fourth-order valence-electron chi connectivity index (χ4n) is 2.55. The van der Waals surface area contributed by atoms with Crippen LogP contribution in [0, 0.1) is 6.92 Å². The molecule has 2 aromatic carbocycles. The highest BCUT2D eigenvalue weighted by molar-refractivity contribution is 7.92. The second-order valence-electron chi connectivity index (χ2n) is 6.25. The van der Waals surface area contributed by atoms with Crippen molar-refractivity contribution in [3.05, 3.63) is 58.6 Å². The van der Waals surface area contributed by atoms with E-state index in [1.54, 1.807) is 25.1 Å². The molecule has 2 N–H and O–H groups in total. The lowest BCUT2D eigenvalue weighted by Gasteiger charge is -2.15. The number of hydrogen-bond donors (Lipinski definition) is 2. The lowest BCUT2D eigenvalue weighted by Crippen LogP contribution is -2.32. The van der Waals surface area contributed by atoms with Crippen LogP contribution in [-0.2, 0) is 10.0 Å². The van der Waals surface area contributed by atoms with E-state index in [0.29, 0.717) is 21.8 Å². The fourth-order valence-corrected chi connectivity index (χ4v) is 3.81. The van der Waals surface area contributed by atoms with Crippen molar-refractivity contribution in [2.45, 2.75) is 44.6 Å². The zero-order valence-corrected chi connectivity index (χ0v) is 16.6. The number of rotatable bonds is 7. The largest absolute Gasteiger partial charge is 0.350 e. The molecule has 0 aliphatic rings. The van der Waals surface area contributed by atoms with Gasteiger partial charge in [-0.1, -0.05) is 24.9 Å². The van der Waals surface area contributed by atoms with Crippen LogP contribution in [-0.4, -0.2) is 20.4 Å². The summed E-state index contributed by atoms with van der Waals surface area (Å²) in [5, 5.41) is 3.40. The Morgan fingerprint density at radius 1 is 1.15 bits per heavy atom. The van der Waals surface area contributed by atoms with Crippen LogP contribution in [0.15, 0.2) is 47.4 Å². The Morgan fingerprint density at radius 3 is 2.38 bits per heavy atom. The number of nitrogens with one attached hydrogen (secondary N) is 2. The number of anilines is 1. The van der Waals surface area contributed by atoms with Gasteiger partial charge in [0.2, 0.25) is 0 Å². The quantitative estimate of drug-likeness (QED) is 0.732. The molecule has 0 bridgehead atoms. The number of sulfonamides is 1. The summed E-state index contributed by atoms with van der Waals surface area (Å²) in [5.74, 6) is -0.166. The van der Waals surface area contributed by atoms with Crippen LogP contribution in [0.4, 0.5) is 5.69 Å². The smallest absolute Gasteiger partial charge is 0.261 e. The van der Waals surface area contributed by atoms with Gasteiger partial charge >= 0.3 is 0 Å². The minimum absolute atomic E-state index is 0.0934. The predicted molar refractivity (Wildman–Crippen MR) is 105 cm³/mol. The second kappa shape index (κ2) is 8.56. The molecule has 7 heteroatoms. The first kappa shape index (κ1) is 20.3. The van der Waals surface area contributed by atoms with Crippen molar-refractivity contribution in [2.24, 2.45) is 0 Å². The molecule has 0 fully saturated rings. The van der Waals surface area contributed by atoms with E-state index in [2.05, 4.69) is 17.0 Å². The number of halogens is 1. The topological polar surface area (TPSA) is 75.3 Å². The van der Waals surface area contributed by atoms with Crippen molar-refractivity contribution in [1.82, 2.24) is 5.32 Å². The lowest BCUT2D eigenvalue weighted by atomic mass is 10.1. The number of hydrogen-bond acceptors (Lipinski definition) is 3. The van der Waals surface area contributed by atoms with Crippen LogP contribution in [0.2, 0.25) is 5.02 Å². The first-order valence-electron chi connectivity index (χ1n) is 8.43. The molecular formula is C19H23ClN2O3S. The summed E-state index contributed by atoms with van der Waals surface area (Å²) in [6, 6.07) is 10.9. The van der Waals surface area contributed by atoms with Gasteiger partial charge in [-0.2, -0.15) is 0 Å². The Hall–Kier alpha value is -2.05. The molecule has 26 heavy (non-hydrogen) atoms. The van der Waals surface area contributed by atoms with Crippen LogP contribution in [0.25, 0.3) is 0 Å². The van der Waals surface area contributed by atoms with E-state index in [-0.39, 0.29) is 16.8 Å². The van der Waals surface area contributed by atoms with Crippen molar-refractivity contribution in [3.8, 4) is 0 Å². The standard InChI is InChI=1S/C19H23ClN2O3S/c1-4-5-14(3)21-19(23)15-6-11-18(13(2)12-15)22-26(24,25)17-9-7-16(20)8-10-17/h6-12,14,22H,4-5H2,1-3H3,(H,21,23)/t14-/m0/s1. The summed E-state index contributed by atoms with van der Waals surface area (Å²) < 4.78 is 27.5. The Morgan fingerprint density at radius 2 is 1.81 bits per heavy atom. The van der Waals surface area contributed by atoms with Crippen molar-refractivity contribution >= 4 is 33.2 Å². The van der Waals surface area contributed by atoms with E-state index >= 15 is 0 Å². The molecule has 0 saturated carbocycles. The molecule has 1 amide bonds. The fraction of sp³-hybridized carbons (Fsp3) is 0.316. The third-order valence-corrected chi connectivity index (χ3v) is 5.59. The number of carbonyl (C=O) groups excluding carboxylic acids is 1. The molecule has 0 saturated heterocycles. The van der Waals surface area contributed by atoms with Gasteiger partial charge in [-0.15, -0.1) is 0 Å². The minimum atomic E-state index is -3.72. The maximum Gasteiger partial charge on any atom is 0.261 e. The van der Waals surface area contributed by atoms with Gasteiger partial charge < -0.3 is 5.32 Å². The monoisotopic (exact) mass is 394 g/mol. The molecule has 0 aliphatic heterocycles. The first-order valence-corrected chi connectivity index (χ1v) is 10.3. The van der Waals surface area contributed by atoms with E-state index in [1.807, 2.05) is 6.92 Å². The van der Waals surface area contributed by atoms with Crippen molar-refractivity contribution < 1.29 is 13.2 Å². The highest BCUT2D eigenvalue weighted by Crippen LogP contribution is 2.22. The number of carbonyl (C=O) groups is 1. The van der Waals surface area contributed by atoms with Gasteiger partial charge in [0.05, 0.1) is 10.6 Å². The summed E-state index contributed by atoms with van der Waals surface area (Å²) in [6.45, 7) is 5.78. The Labute approximate surface area is 159 Å². The summed E-state index contributed by atoms with van der Waals surface area (Å²) >= 11 is 5.80. The highest BCUT2D eigenvalue weighted by atomic mass is 35.5. The highest BCUT2D eigenvalue weighted by Gasteiger charge is 2.16. The zero-order valence-electron chi connectivity index (χ0n) is 15.0. The van der Waals surface area contributed by atoms with Crippen molar-refractivity contribution in [3.63, 3.8) is 0 Å². The van der Waals surface area contributed by atoms with Crippen LogP contribution in [0.3, 0.4) is 0 Å². The van der Waals surface area contributed by atoms with Gasteiger partial charge in [0.1, 0.15) is 0 Å². The predicted octanol–water partition coefficient (Wildman–Crippen LogP) is 4.37. The van der Waals surface area contributed by atoms with Crippen molar-refractivity contribution in [2.75, 3.05) is 4.72 Å². The minimum Gasteiger partial charge on any atom is -0.350 e. The maximum absolute atomic E-state index is 12.5. The van der Waals surface area contributed by atoms with Gasteiger partial charge in [-0.25, -0.2) is 8.42 Å². The first-order chi connectivity index (χ1) is 12.2. The Balaban J connectivity index is 2.16. The van der Waals surface area contributed by atoms with E-state index in [1.165, 1.54) is 24.3 Å². The molecule has 2 rings (SSSR count). The van der Waals surface area contributed by atoms with Gasteiger partial charge in [-0.3, -0.25) is 9.52 Å². The summed E-state index contributed by atoms with van der Waals surface area (Å²) in [5.41, 5.74) is 1.59. The third kappa shape index (κ3) is 5.22. The molecule has 0 unspecified atom stereocenters. The van der Waals surface area contributed by atoms with Crippen LogP contribution >= 0.6 is 11.6 Å². The van der Waals surface area contributed by atoms with Gasteiger partial charge in [-0.05, 0) is 68.3 Å². The summed E-state index contributed by atoms with van der Waals surface area (Å²) in [4.78, 5) is 12.4. The number of amides is 1. The van der Waals surface area contributed by atoms with Gasteiger partial charge in [0.25, 0.3) is 15.9 Å². The molecule has 0 radical (unpaired) electrons. The van der Waals surface area contributed by atoms with Crippen LogP contribution in [0.5, 0.6) is 0 Å². The Kier molecular flexibility index (Phi) is 6.67. The van der Waals surface area contributed by atoms with E-state index in [4.69, 9.17) is 11.6 Å². The van der Waals surface area contributed by atoms with Crippen LogP contribution < -0.4 is 10.0 Å². The molecule has 1 atom stereocenters. The molecule has 140 valence electrons. The number of aryl methyl sites for hydroxylation is 1. The van der Waals surface area contributed by atoms with E-state index < -0.39 is 10.0 Å². The number of benzene rings is 2. The normalized spacial score (nSPS) is 12.5. The van der Waals surface area contributed by atoms with Crippen LogP contribution in [0.1, 0.15) is 42.6 Å². The SMILES string of the molecule is CCC[C@H](C)NC(=O)c1ccc(NS(=O)(=O)c2ccc(Cl)cc2)c(C)c1. The zero-order chi connectivity index (χ0) is 19.3. The third-order valence-electron chi connectivity index (χ3n) is 3.96. The Bertz CT molecular complexity index is 880. The molecule has 5 nitrogen and oxygen atoms in total. The molecular weight excluding hydrogens is 372 g/mol. The molecule has 0 heterocycles. The van der Waals surface area contributed by atoms with Gasteiger partial charge in [0.15, 0.2) is 0 Å². The van der Waals surface area contributed by atoms with Gasteiger partial charge in [0, 0.05) is 16.6 Å². The summed E-state index contributed by atoms with van der Waals surface area (Å²) in [7, 11) is -3.72. The second-order valence-corrected chi connectivity index (χ2v) is 8.37. The average molecular weight is 395 g/mol. The van der Waals surface area contributed by atoms with Crippen molar-refractivity contribution in [1.29, 1.82) is 0 Å². The van der Waals surface area contributed by atoms with E-state index in [0.717, 1.165) is 12.8 Å². The molecule has 2 aromatic rings. The average Bonchev–Trinajstić information content (AvgIpc) is 2.57. The molecule has 0 aliphatic carbocycles. The maximum atomic E-state index is 12.5.